The molecule has 1 heterocycles. The van der Waals surface area contributed by atoms with Crippen molar-refractivity contribution in [2.24, 2.45) is 0 Å². The Labute approximate surface area is 279 Å². The van der Waals surface area contributed by atoms with Gasteiger partial charge in [0.15, 0.2) is 0 Å². The van der Waals surface area contributed by atoms with Gasteiger partial charge in [-0.3, -0.25) is 14.4 Å². The SMILES string of the molecule is O=C(O)c1cc(NC(=O)C(CNC(=O)c2cc3cc[nH]c3cc2C(=O)NCc2cccc3ccccc23)c2ccccc2)cc(C(=O)O)c1. The summed E-state index contributed by atoms with van der Waals surface area (Å²) < 4.78 is 0. The number of amides is 3. The summed E-state index contributed by atoms with van der Waals surface area (Å²) in [7, 11) is 0. The lowest BCUT2D eigenvalue weighted by molar-refractivity contribution is -0.117. The number of hydrogen-bond acceptors (Lipinski definition) is 5. The van der Waals surface area contributed by atoms with Crippen molar-refractivity contribution >= 4 is 57.0 Å². The molecule has 0 aliphatic carbocycles. The highest BCUT2D eigenvalue weighted by atomic mass is 16.4. The molecule has 0 spiro atoms. The molecule has 1 aromatic heterocycles. The van der Waals surface area contributed by atoms with Gasteiger partial charge in [0.1, 0.15) is 0 Å². The quantitative estimate of drug-likeness (QED) is 0.102. The molecule has 3 amide bonds. The van der Waals surface area contributed by atoms with Crippen LogP contribution in [-0.2, 0) is 11.3 Å². The number of carbonyl (C=O) groups is 5. The standard InChI is InChI=1S/C38H30N4O7/c43-34(41-21-32(23-7-2-1-3-8-23)36(45)42-28-16-26(37(46)47)15-27(17-28)38(48)49)30-18-24-13-14-39-33(24)19-31(30)35(44)40-20-25-11-6-10-22-9-4-5-12-29(22)25/h1-19,32,39H,20-21H2,(H,40,44)(H,41,43)(H,42,45)(H,46,47)(H,48,49). The summed E-state index contributed by atoms with van der Waals surface area (Å²) in [5, 5.41) is 30.0. The number of nitrogens with one attached hydrogen (secondary N) is 4. The van der Waals surface area contributed by atoms with E-state index in [9.17, 15) is 34.2 Å². The first-order valence-corrected chi connectivity index (χ1v) is 15.3. The molecular formula is C38H30N4O7. The second-order valence-electron chi connectivity index (χ2n) is 11.4. The molecule has 6 rings (SSSR count). The van der Waals surface area contributed by atoms with Crippen molar-refractivity contribution in [2.75, 3.05) is 11.9 Å². The van der Waals surface area contributed by atoms with Gasteiger partial charge in [-0.2, -0.15) is 0 Å². The van der Waals surface area contributed by atoms with E-state index in [1.165, 1.54) is 0 Å². The fourth-order valence-electron chi connectivity index (χ4n) is 5.71. The zero-order valence-electron chi connectivity index (χ0n) is 25.9. The van der Waals surface area contributed by atoms with Crippen LogP contribution in [0, 0.1) is 0 Å². The van der Waals surface area contributed by atoms with Crippen LogP contribution in [0.5, 0.6) is 0 Å². The Bertz CT molecular complexity index is 2210. The van der Waals surface area contributed by atoms with E-state index in [4.69, 9.17) is 0 Å². The van der Waals surface area contributed by atoms with Crippen molar-refractivity contribution in [3.63, 3.8) is 0 Å². The molecule has 0 aliphatic rings. The maximum Gasteiger partial charge on any atom is 0.335 e. The molecule has 0 radical (unpaired) electrons. The minimum atomic E-state index is -1.36. The lowest BCUT2D eigenvalue weighted by atomic mass is 9.97. The fourth-order valence-corrected chi connectivity index (χ4v) is 5.71. The number of aromatic carboxylic acids is 2. The number of anilines is 1. The number of carbonyl (C=O) groups excluding carboxylic acids is 3. The van der Waals surface area contributed by atoms with Crippen LogP contribution >= 0.6 is 0 Å². The van der Waals surface area contributed by atoms with E-state index in [-0.39, 0.29) is 41.0 Å². The largest absolute Gasteiger partial charge is 0.478 e. The third-order valence-electron chi connectivity index (χ3n) is 8.18. The highest BCUT2D eigenvalue weighted by molar-refractivity contribution is 6.10. The first-order valence-electron chi connectivity index (χ1n) is 15.3. The second-order valence-corrected chi connectivity index (χ2v) is 11.4. The summed E-state index contributed by atoms with van der Waals surface area (Å²) in [5.41, 5.74) is 1.71. The molecule has 0 saturated carbocycles. The summed E-state index contributed by atoms with van der Waals surface area (Å²) >= 11 is 0. The molecule has 49 heavy (non-hydrogen) atoms. The highest BCUT2D eigenvalue weighted by Crippen LogP contribution is 2.24. The van der Waals surface area contributed by atoms with Gasteiger partial charge in [0.25, 0.3) is 11.8 Å². The second kappa shape index (κ2) is 13.9. The molecule has 0 aliphatic heterocycles. The molecule has 6 N–H and O–H groups in total. The predicted octanol–water partition coefficient (Wildman–Crippen LogP) is 5.80. The normalized spacial score (nSPS) is 11.5. The smallest absolute Gasteiger partial charge is 0.335 e. The van der Waals surface area contributed by atoms with Crippen molar-refractivity contribution in [2.45, 2.75) is 12.5 Å². The number of fused-ring (bicyclic) bond motifs is 2. The number of aromatic amines is 1. The highest BCUT2D eigenvalue weighted by Gasteiger charge is 2.25. The molecule has 11 nitrogen and oxygen atoms in total. The van der Waals surface area contributed by atoms with Crippen LogP contribution in [0.1, 0.15) is 58.5 Å². The van der Waals surface area contributed by atoms with Crippen molar-refractivity contribution in [1.29, 1.82) is 0 Å². The molecule has 5 aromatic carbocycles. The first kappa shape index (κ1) is 32.2. The molecule has 244 valence electrons. The maximum absolute atomic E-state index is 13.8. The Morgan fingerprint density at radius 3 is 2.04 bits per heavy atom. The summed E-state index contributed by atoms with van der Waals surface area (Å²) in [6, 6.07) is 30.6. The van der Waals surface area contributed by atoms with Gasteiger partial charge in [0.05, 0.1) is 28.2 Å². The van der Waals surface area contributed by atoms with E-state index in [0.29, 0.717) is 16.5 Å². The number of carboxylic acids is 2. The Morgan fingerprint density at radius 1 is 0.653 bits per heavy atom. The van der Waals surface area contributed by atoms with E-state index in [2.05, 4.69) is 20.9 Å². The molecule has 0 saturated heterocycles. The van der Waals surface area contributed by atoms with Crippen LogP contribution in [0.2, 0.25) is 0 Å². The molecule has 0 bridgehead atoms. The molecular weight excluding hydrogens is 624 g/mol. The van der Waals surface area contributed by atoms with Crippen molar-refractivity contribution in [3.8, 4) is 0 Å². The van der Waals surface area contributed by atoms with Crippen molar-refractivity contribution < 1.29 is 34.2 Å². The Balaban J connectivity index is 1.24. The summed E-state index contributed by atoms with van der Waals surface area (Å²) in [6.45, 7) is 0.0360. The van der Waals surface area contributed by atoms with Crippen molar-refractivity contribution in [3.05, 3.63) is 149 Å². The third-order valence-corrected chi connectivity index (χ3v) is 8.18. The van der Waals surface area contributed by atoms with Crippen LogP contribution in [0.25, 0.3) is 21.7 Å². The van der Waals surface area contributed by atoms with E-state index in [1.807, 2.05) is 42.5 Å². The van der Waals surface area contributed by atoms with Gasteiger partial charge >= 0.3 is 11.9 Å². The monoisotopic (exact) mass is 654 g/mol. The van der Waals surface area contributed by atoms with E-state index < -0.39 is 35.6 Å². The zero-order chi connectivity index (χ0) is 34.5. The number of aromatic nitrogens is 1. The molecule has 1 unspecified atom stereocenters. The Morgan fingerprint density at radius 2 is 1.31 bits per heavy atom. The van der Waals surface area contributed by atoms with E-state index in [1.54, 1.807) is 54.7 Å². The number of rotatable bonds is 11. The minimum absolute atomic E-state index is 0.0300. The van der Waals surface area contributed by atoms with Gasteiger partial charge < -0.3 is 31.1 Å². The van der Waals surface area contributed by atoms with Crippen molar-refractivity contribution in [1.82, 2.24) is 15.6 Å². The van der Waals surface area contributed by atoms with Gasteiger partial charge in [-0.25, -0.2) is 9.59 Å². The summed E-state index contributed by atoms with van der Waals surface area (Å²) in [4.78, 5) is 67.3. The van der Waals surface area contributed by atoms with Gasteiger partial charge in [-0.1, -0.05) is 72.8 Å². The number of benzene rings is 5. The van der Waals surface area contributed by atoms with Gasteiger partial charge in [0, 0.05) is 35.9 Å². The number of hydrogen-bond donors (Lipinski definition) is 6. The lowest BCUT2D eigenvalue weighted by Crippen LogP contribution is -2.35. The predicted molar refractivity (Wildman–Crippen MR) is 184 cm³/mol. The summed E-state index contributed by atoms with van der Waals surface area (Å²) in [6.07, 6.45) is 1.70. The fraction of sp³-hybridized carbons (Fsp3) is 0.0789. The first-order chi connectivity index (χ1) is 23.7. The Kier molecular flexibility index (Phi) is 9.16. The summed E-state index contributed by atoms with van der Waals surface area (Å²) in [5.74, 6) is -5.35. The average molecular weight is 655 g/mol. The third kappa shape index (κ3) is 7.15. The van der Waals surface area contributed by atoms with Crippen LogP contribution in [-0.4, -0.2) is 51.4 Å². The van der Waals surface area contributed by atoms with Crippen LogP contribution in [0.4, 0.5) is 5.69 Å². The van der Waals surface area contributed by atoms with E-state index in [0.717, 1.165) is 34.5 Å². The van der Waals surface area contributed by atoms with E-state index >= 15 is 0 Å². The van der Waals surface area contributed by atoms with Gasteiger partial charge in [-0.05, 0) is 58.3 Å². The number of H-pyrrole nitrogens is 1. The molecule has 0 fully saturated rings. The number of carboxylic acid groups (broad SMARTS) is 2. The minimum Gasteiger partial charge on any atom is -0.478 e. The van der Waals surface area contributed by atoms with Crippen LogP contribution in [0.15, 0.2) is 115 Å². The molecule has 6 aromatic rings. The molecule has 1 atom stereocenters. The Hall–Kier alpha value is -6.75. The van der Waals surface area contributed by atoms with Gasteiger partial charge in [-0.15, -0.1) is 0 Å². The van der Waals surface area contributed by atoms with Crippen LogP contribution in [0.3, 0.4) is 0 Å². The zero-order valence-corrected chi connectivity index (χ0v) is 25.9. The lowest BCUT2D eigenvalue weighted by Gasteiger charge is -2.19. The topological polar surface area (TPSA) is 178 Å². The van der Waals surface area contributed by atoms with Crippen LogP contribution < -0.4 is 16.0 Å². The van der Waals surface area contributed by atoms with Gasteiger partial charge in [0.2, 0.25) is 5.91 Å². The average Bonchev–Trinajstić information content (AvgIpc) is 3.58. The maximum atomic E-state index is 13.8. The molecule has 11 heteroatoms.